The number of hydrogen-bond acceptors (Lipinski definition) is 2. The number of imidazole rings is 1. The van der Waals surface area contributed by atoms with E-state index in [9.17, 15) is 0 Å². The van der Waals surface area contributed by atoms with Crippen molar-refractivity contribution in [3.05, 3.63) is 46.5 Å². The van der Waals surface area contributed by atoms with Gasteiger partial charge < -0.3 is 10.3 Å². The molecule has 0 bridgehead atoms. The fourth-order valence-electron chi connectivity index (χ4n) is 1.96. The van der Waals surface area contributed by atoms with E-state index < -0.39 is 0 Å². The SMILES string of the molecule is Cc1ncn(-c2ccc(CC(C)N)c(Cl)c2)c1C. The van der Waals surface area contributed by atoms with Crippen LogP contribution in [0.15, 0.2) is 24.5 Å². The maximum atomic E-state index is 6.29. The predicted molar refractivity (Wildman–Crippen MR) is 75.4 cm³/mol. The van der Waals surface area contributed by atoms with Gasteiger partial charge in [0.05, 0.1) is 12.0 Å². The summed E-state index contributed by atoms with van der Waals surface area (Å²) in [7, 11) is 0. The van der Waals surface area contributed by atoms with Crippen LogP contribution in [-0.4, -0.2) is 15.6 Å². The maximum Gasteiger partial charge on any atom is 0.0997 e. The normalized spacial score (nSPS) is 12.7. The third-order valence-electron chi connectivity index (χ3n) is 3.11. The Labute approximate surface area is 113 Å². The van der Waals surface area contributed by atoms with E-state index in [0.717, 1.165) is 34.1 Å². The lowest BCUT2D eigenvalue weighted by molar-refractivity contribution is 0.738. The van der Waals surface area contributed by atoms with Crippen molar-refractivity contribution < 1.29 is 0 Å². The minimum absolute atomic E-state index is 0.116. The third-order valence-corrected chi connectivity index (χ3v) is 3.46. The number of rotatable bonds is 3. The van der Waals surface area contributed by atoms with Crippen molar-refractivity contribution in [2.24, 2.45) is 5.73 Å². The Bertz CT molecular complexity index is 558. The molecule has 0 aliphatic heterocycles. The fourth-order valence-corrected chi connectivity index (χ4v) is 2.21. The average Bonchev–Trinajstić information content (AvgIpc) is 2.62. The minimum Gasteiger partial charge on any atom is -0.328 e. The van der Waals surface area contributed by atoms with Crippen LogP contribution in [0, 0.1) is 13.8 Å². The molecule has 0 aliphatic carbocycles. The van der Waals surface area contributed by atoms with Crippen LogP contribution in [0.1, 0.15) is 23.9 Å². The quantitative estimate of drug-likeness (QED) is 0.925. The molecule has 0 aliphatic rings. The Kier molecular flexibility index (Phi) is 3.73. The number of benzene rings is 1. The molecule has 1 aromatic heterocycles. The highest BCUT2D eigenvalue weighted by Crippen LogP contribution is 2.22. The molecule has 1 heterocycles. The van der Waals surface area contributed by atoms with Gasteiger partial charge in [-0.05, 0) is 44.9 Å². The zero-order valence-corrected chi connectivity index (χ0v) is 11.7. The zero-order valence-electron chi connectivity index (χ0n) is 10.9. The summed E-state index contributed by atoms with van der Waals surface area (Å²) >= 11 is 6.29. The smallest absolute Gasteiger partial charge is 0.0997 e. The van der Waals surface area contributed by atoms with Crippen LogP contribution in [0.2, 0.25) is 5.02 Å². The summed E-state index contributed by atoms with van der Waals surface area (Å²) in [6.45, 7) is 6.03. The highest BCUT2D eigenvalue weighted by Gasteiger charge is 2.08. The summed E-state index contributed by atoms with van der Waals surface area (Å²) < 4.78 is 2.04. The molecule has 1 atom stereocenters. The lowest BCUT2D eigenvalue weighted by atomic mass is 10.1. The van der Waals surface area contributed by atoms with E-state index in [1.807, 2.05) is 43.8 Å². The van der Waals surface area contributed by atoms with Gasteiger partial charge in [0.15, 0.2) is 0 Å². The standard InChI is InChI=1S/C14H18ClN3/c1-9(16)6-12-4-5-13(7-14(12)15)18-8-17-10(2)11(18)3/h4-5,7-9H,6,16H2,1-3H3. The van der Waals surface area contributed by atoms with Crippen molar-refractivity contribution in [2.75, 3.05) is 0 Å². The largest absolute Gasteiger partial charge is 0.328 e. The van der Waals surface area contributed by atoms with Gasteiger partial charge >= 0.3 is 0 Å². The first-order valence-electron chi connectivity index (χ1n) is 6.04. The van der Waals surface area contributed by atoms with Crippen molar-refractivity contribution in [3.63, 3.8) is 0 Å². The Morgan fingerprint density at radius 1 is 1.39 bits per heavy atom. The third kappa shape index (κ3) is 2.57. The summed E-state index contributed by atoms with van der Waals surface area (Å²) in [5.74, 6) is 0. The van der Waals surface area contributed by atoms with E-state index in [1.165, 1.54) is 0 Å². The Hall–Kier alpha value is -1.32. The second-order valence-corrected chi connectivity index (χ2v) is 5.15. The highest BCUT2D eigenvalue weighted by atomic mass is 35.5. The topological polar surface area (TPSA) is 43.8 Å². The summed E-state index contributed by atoms with van der Waals surface area (Å²) in [5.41, 5.74) is 10.1. The van der Waals surface area contributed by atoms with E-state index in [1.54, 1.807) is 0 Å². The lowest BCUT2D eigenvalue weighted by Crippen LogP contribution is -2.18. The first-order chi connectivity index (χ1) is 8.49. The first kappa shape index (κ1) is 13.1. The maximum absolute atomic E-state index is 6.29. The number of halogens is 1. The van der Waals surface area contributed by atoms with Crippen LogP contribution >= 0.6 is 11.6 Å². The van der Waals surface area contributed by atoms with Gasteiger partial charge in [0, 0.05) is 22.4 Å². The number of hydrogen-bond donors (Lipinski definition) is 1. The van der Waals surface area contributed by atoms with Crippen molar-refractivity contribution in [1.29, 1.82) is 0 Å². The van der Waals surface area contributed by atoms with E-state index in [2.05, 4.69) is 11.1 Å². The van der Waals surface area contributed by atoms with Crippen molar-refractivity contribution in [2.45, 2.75) is 33.2 Å². The Morgan fingerprint density at radius 3 is 2.61 bits per heavy atom. The number of aryl methyl sites for hydroxylation is 1. The Balaban J connectivity index is 2.37. The molecule has 0 fully saturated rings. The molecular formula is C14H18ClN3. The van der Waals surface area contributed by atoms with Crippen LogP contribution in [0.3, 0.4) is 0 Å². The number of nitrogens with zero attached hydrogens (tertiary/aromatic N) is 2. The molecule has 1 aromatic carbocycles. The molecule has 2 aromatic rings. The average molecular weight is 264 g/mol. The van der Waals surface area contributed by atoms with Gasteiger partial charge in [-0.3, -0.25) is 0 Å². The van der Waals surface area contributed by atoms with Gasteiger partial charge in [-0.25, -0.2) is 4.98 Å². The first-order valence-corrected chi connectivity index (χ1v) is 6.41. The molecule has 2 N–H and O–H groups in total. The van der Waals surface area contributed by atoms with Crippen molar-refractivity contribution in [1.82, 2.24) is 9.55 Å². The molecule has 4 heteroatoms. The summed E-state index contributed by atoms with van der Waals surface area (Å²) in [5, 5.41) is 0.760. The molecule has 0 radical (unpaired) electrons. The van der Waals surface area contributed by atoms with Gasteiger partial charge in [-0.2, -0.15) is 0 Å². The summed E-state index contributed by atoms with van der Waals surface area (Å²) in [4.78, 5) is 4.29. The monoisotopic (exact) mass is 263 g/mol. The Morgan fingerprint density at radius 2 is 2.11 bits per heavy atom. The molecule has 0 spiro atoms. The molecular weight excluding hydrogens is 246 g/mol. The van der Waals surface area contributed by atoms with E-state index >= 15 is 0 Å². The lowest BCUT2D eigenvalue weighted by Gasteiger charge is -2.11. The van der Waals surface area contributed by atoms with Gasteiger partial charge in [0.2, 0.25) is 0 Å². The van der Waals surface area contributed by atoms with Gasteiger partial charge in [0.25, 0.3) is 0 Å². The molecule has 1 unspecified atom stereocenters. The van der Waals surface area contributed by atoms with Crippen LogP contribution in [-0.2, 0) is 6.42 Å². The molecule has 0 saturated carbocycles. The second kappa shape index (κ2) is 5.12. The second-order valence-electron chi connectivity index (χ2n) is 4.74. The fraction of sp³-hybridized carbons (Fsp3) is 0.357. The van der Waals surface area contributed by atoms with E-state index in [-0.39, 0.29) is 6.04 Å². The van der Waals surface area contributed by atoms with Gasteiger partial charge in [-0.15, -0.1) is 0 Å². The molecule has 96 valence electrons. The van der Waals surface area contributed by atoms with Crippen LogP contribution in [0.25, 0.3) is 5.69 Å². The van der Waals surface area contributed by atoms with Crippen LogP contribution in [0.4, 0.5) is 0 Å². The van der Waals surface area contributed by atoms with Crippen molar-refractivity contribution in [3.8, 4) is 5.69 Å². The molecule has 2 rings (SSSR count). The van der Waals surface area contributed by atoms with Crippen molar-refractivity contribution >= 4 is 11.6 Å². The van der Waals surface area contributed by atoms with E-state index in [4.69, 9.17) is 17.3 Å². The zero-order chi connectivity index (χ0) is 13.3. The molecule has 18 heavy (non-hydrogen) atoms. The van der Waals surface area contributed by atoms with Crippen LogP contribution < -0.4 is 5.73 Å². The highest BCUT2D eigenvalue weighted by molar-refractivity contribution is 6.31. The van der Waals surface area contributed by atoms with Crippen LogP contribution in [0.5, 0.6) is 0 Å². The van der Waals surface area contributed by atoms with Gasteiger partial charge in [0.1, 0.15) is 0 Å². The summed E-state index contributed by atoms with van der Waals surface area (Å²) in [6.07, 6.45) is 2.61. The van der Waals surface area contributed by atoms with E-state index in [0.29, 0.717) is 0 Å². The van der Waals surface area contributed by atoms with Gasteiger partial charge in [-0.1, -0.05) is 17.7 Å². The molecule has 0 amide bonds. The summed E-state index contributed by atoms with van der Waals surface area (Å²) in [6, 6.07) is 6.17. The molecule has 3 nitrogen and oxygen atoms in total. The predicted octanol–water partition coefficient (Wildman–Crippen LogP) is 3.03. The minimum atomic E-state index is 0.116. The molecule has 0 saturated heterocycles. The number of nitrogens with two attached hydrogens (primary N) is 1. The number of aromatic nitrogens is 2.